The average molecular weight is 300 g/mol. The van der Waals surface area contributed by atoms with Crippen molar-refractivity contribution in [3.05, 3.63) is 35.4 Å². The number of halogens is 2. The van der Waals surface area contributed by atoms with Gasteiger partial charge in [0.05, 0.1) is 5.60 Å². The summed E-state index contributed by atoms with van der Waals surface area (Å²) in [5.41, 5.74) is -0.647. The average Bonchev–Trinajstić information content (AvgIpc) is 2.39. The second kappa shape index (κ2) is 7.36. The predicted octanol–water partition coefficient (Wildman–Crippen LogP) is 2.21. The normalized spacial score (nSPS) is 13.9. The van der Waals surface area contributed by atoms with Crippen molar-refractivity contribution in [3.63, 3.8) is 0 Å². The molecule has 0 saturated heterocycles. The molecule has 4 nitrogen and oxygen atoms in total. The summed E-state index contributed by atoms with van der Waals surface area (Å²) >= 11 is 0. The second-order valence-corrected chi connectivity index (χ2v) is 5.61. The molecule has 21 heavy (non-hydrogen) atoms. The summed E-state index contributed by atoms with van der Waals surface area (Å²) in [6.07, 6.45) is 0.264. The largest absolute Gasteiger partial charge is 0.388 e. The van der Waals surface area contributed by atoms with E-state index in [2.05, 4.69) is 10.6 Å². The van der Waals surface area contributed by atoms with Crippen LogP contribution in [0.4, 0.5) is 13.6 Å². The lowest BCUT2D eigenvalue weighted by molar-refractivity contribution is 0.0166. The van der Waals surface area contributed by atoms with Gasteiger partial charge < -0.3 is 15.7 Å². The van der Waals surface area contributed by atoms with Gasteiger partial charge in [-0.25, -0.2) is 13.6 Å². The molecule has 2 amide bonds. The van der Waals surface area contributed by atoms with Crippen LogP contribution < -0.4 is 10.6 Å². The molecule has 3 N–H and O–H groups in total. The van der Waals surface area contributed by atoms with Gasteiger partial charge in [-0.15, -0.1) is 0 Å². The first-order chi connectivity index (χ1) is 9.72. The van der Waals surface area contributed by atoms with Crippen molar-refractivity contribution in [2.75, 3.05) is 13.1 Å². The molecule has 1 atom stereocenters. The molecule has 1 unspecified atom stereocenters. The molecule has 1 rings (SSSR count). The zero-order valence-corrected chi connectivity index (χ0v) is 12.5. The zero-order chi connectivity index (χ0) is 16.0. The van der Waals surface area contributed by atoms with Crippen LogP contribution in [0, 0.1) is 17.6 Å². The van der Waals surface area contributed by atoms with Crippen molar-refractivity contribution < 1.29 is 18.7 Å². The first-order valence-corrected chi connectivity index (χ1v) is 6.90. The highest BCUT2D eigenvalue weighted by atomic mass is 19.1. The van der Waals surface area contributed by atoms with E-state index in [1.165, 1.54) is 12.1 Å². The Bertz CT molecular complexity index is 491. The standard InChI is InChI=1S/C15H22F2N2O2/c1-10(2)15(3,21)9-19-14(20)18-7-6-11-4-5-12(16)8-13(11)17/h4-5,8,10,21H,6-7,9H2,1-3H3,(H2,18,19,20). The molecule has 0 aliphatic rings. The van der Waals surface area contributed by atoms with Gasteiger partial charge in [0, 0.05) is 19.2 Å². The molecule has 0 fully saturated rings. The molecule has 0 aliphatic carbocycles. The molecule has 1 aromatic carbocycles. The number of rotatable bonds is 6. The highest BCUT2D eigenvalue weighted by molar-refractivity contribution is 5.73. The molecular formula is C15H22F2N2O2. The predicted molar refractivity (Wildman–Crippen MR) is 76.9 cm³/mol. The number of carbonyl (C=O) groups excluding carboxylic acids is 1. The number of hydrogen-bond acceptors (Lipinski definition) is 2. The summed E-state index contributed by atoms with van der Waals surface area (Å²) in [4.78, 5) is 11.6. The highest BCUT2D eigenvalue weighted by Gasteiger charge is 2.25. The van der Waals surface area contributed by atoms with E-state index in [0.717, 1.165) is 6.07 Å². The molecular weight excluding hydrogens is 278 g/mol. The van der Waals surface area contributed by atoms with E-state index in [-0.39, 0.29) is 25.4 Å². The molecule has 0 aromatic heterocycles. The smallest absolute Gasteiger partial charge is 0.314 e. The van der Waals surface area contributed by atoms with Gasteiger partial charge in [0.15, 0.2) is 0 Å². The Morgan fingerprint density at radius 3 is 2.57 bits per heavy atom. The van der Waals surface area contributed by atoms with Crippen molar-refractivity contribution in [1.29, 1.82) is 0 Å². The minimum absolute atomic E-state index is 0.00566. The lowest BCUT2D eigenvalue weighted by atomic mass is 9.93. The summed E-state index contributed by atoms with van der Waals surface area (Å²) in [5.74, 6) is -1.25. The monoisotopic (exact) mass is 300 g/mol. The Hall–Kier alpha value is -1.69. The van der Waals surface area contributed by atoms with E-state index in [0.29, 0.717) is 5.56 Å². The third-order valence-corrected chi connectivity index (χ3v) is 3.55. The van der Waals surface area contributed by atoms with Crippen LogP contribution >= 0.6 is 0 Å². The second-order valence-electron chi connectivity index (χ2n) is 5.61. The van der Waals surface area contributed by atoms with Gasteiger partial charge in [0.1, 0.15) is 11.6 Å². The third kappa shape index (κ3) is 5.67. The van der Waals surface area contributed by atoms with Crippen molar-refractivity contribution in [3.8, 4) is 0 Å². The lowest BCUT2D eigenvalue weighted by Crippen LogP contribution is -2.47. The number of benzene rings is 1. The Labute approximate surface area is 123 Å². The van der Waals surface area contributed by atoms with Crippen LogP contribution in [0.15, 0.2) is 18.2 Å². The van der Waals surface area contributed by atoms with E-state index >= 15 is 0 Å². The van der Waals surface area contributed by atoms with E-state index in [1.807, 2.05) is 13.8 Å². The van der Waals surface area contributed by atoms with Crippen LogP contribution in [0.25, 0.3) is 0 Å². The first-order valence-electron chi connectivity index (χ1n) is 6.90. The minimum atomic E-state index is -0.986. The van der Waals surface area contributed by atoms with Crippen LogP contribution in [0.2, 0.25) is 0 Å². The van der Waals surface area contributed by atoms with Crippen LogP contribution in [0.3, 0.4) is 0 Å². The Morgan fingerprint density at radius 2 is 2.00 bits per heavy atom. The fourth-order valence-electron chi connectivity index (χ4n) is 1.56. The molecule has 0 aliphatic heterocycles. The van der Waals surface area contributed by atoms with Crippen LogP contribution in [-0.2, 0) is 6.42 Å². The van der Waals surface area contributed by atoms with Crippen molar-refractivity contribution in [2.24, 2.45) is 5.92 Å². The number of amides is 2. The number of carbonyl (C=O) groups is 1. The third-order valence-electron chi connectivity index (χ3n) is 3.55. The maximum atomic E-state index is 13.4. The van der Waals surface area contributed by atoms with Crippen molar-refractivity contribution in [1.82, 2.24) is 10.6 Å². The van der Waals surface area contributed by atoms with Gasteiger partial charge in [-0.2, -0.15) is 0 Å². The molecule has 0 saturated carbocycles. The Kier molecular flexibility index (Phi) is 6.08. The Balaban J connectivity index is 2.34. The van der Waals surface area contributed by atoms with Gasteiger partial charge in [0.25, 0.3) is 0 Å². The van der Waals surface area contributed by atoms with Crippen LogP contribution in [0.1, 0.15) is 26.3 Å². The molecule has 0 radical (unpaired) electrons. The number of urea groups is 1. The summed E-state index contributed by atoms with van der Waals surface area (Å²) < 4.78 is 26.1. The summed E-state index contributed by atoms with van der Waals surface area (Å²) in [6, 6.07) is 2.92. The van der Waals surface area contributed by atoms with Gasteiger partial charge in [-0.3, -0.25) is 0 Å². The van der Waals surface area contributed by atoms with Crippen LogP contribution in [-0.4, -0.2) is 29.8 Å². The van der Waals surface area contributed by atoms with E-state index in [4.69, 9.17) is 0 Å². The number of hydrogen-bond donors (Lipinski definition) is 3. The quantitative estimate of drug-likeness (QED) is 0.754. The summed E-state index contributed by atoms with van der Waals surface area (Å²) in [5, 5.41) is 15.1. The lowest BCUT2D eigenvalue weighted by Gasteiger charge is -2.27. The molecule has 0 bridgehead atoms. The van der Waals surface area contributed by atoms with E-state index in [9.17, 15) is 18.7 Å². The maximum Gasteiger partial charge on any atom is 0.314 e. The SMILES string of the molecule is CC(C)C(C)(O)CNC(=O)NCCc1ccc(F)cc1F. The van der Waals surface area contributed by atoms with Crippen molar-refractivity contribution >= 4 is 6.03 Å². The maximum absolute atomic E-state index is 13.4. The van der Waals surface area contributed by atoms with Gasteiger partial charge in [0.2, 0.25) is 0 Å². The summed E-state index contributed by atoms with van der Waals surface area (Å²) in [6.45, 7) is 5.71. The number of aliphatic hydroxyl groups is 1. The zero-order valence-electron chi connectivity index (χ0n) is 12.5. The topological polar surface area (TPSA) is 61.4 Å². The number of nitrogens with one attached hydrogen (secondary N) is 2. The van der Waals surface area contributed by atoms with Crippen molar-refractivity contribution in [2.45, 2.75) is 32.8 Å². The molecule has 0 heterocycles. The summed E-state index contributed by atoms with van der Waals surface area (Å²) in [7, 11) is 0. The van der Waals surface area contributed by atoms with Gasteiger partial charge in [-0.1, -0.05) is 19.9 Å². The first kappa shape index (κ1) is 17.4. The molecule has 6 heteroatoms. The fourth-order valence-corrected chi connectivity index (χ4v) is 1.56. The van der Waals surface area contributed by atoms with Gasteiger partial charge >= 0.3 is 6.03 Å². The molecule has 0 spiro atoms. The fraction of sp³-hybridized carbons (Fsp3) is 0.533. The van der Waals surface area contributed by atoms with E-state index < -0.39 is 23.3 Å². The minimum Gasteiger partial charge on any atom is -0.388 e. The van der Waals surface area contributed by atoms with Gasteiger partial charge in [-0.05, 0) is 30.9 Å². The van der Waals surface area contributed by atoms with Crippen LogP contribution in [0.5, 0.6) is 0 Å². The highest BCUT2D eigenvalue weighted by Crippen LogP contribution is 2.14. The molecule has 1 aromatic rings. The van der Waals surface area contributed by atoms with E-state index in [1.54, 1.807) is 6.92 Å². The Morgan fingerprint density at radius 1 is 1.33 bits per heavy atom. The molecule has 118 valence electrons.